The van der Waals surface area contributed by atoms with Gasteiger partial charge in [0, 0.05) is 27.6 Å². The van der Waals surface area contributed by atoms with E-state index in [9.17, 15) is 14.4 Å². The second-order valence-electron chi connectivity index (χ2n) is 8.64. The van der Waals surface area contributed by atoms with Gasteiger partial charge in [0.15, 0.2) is 4.80 Å². The first-order valence-electron chi connectivity index (χ1n) is 11.4. The van der Waals surface area contributed by atoms with Gasteiger partial charge in [0.05, 0.1) is 22.5 Å². The van der Waals surface area contributed by atoms with Crippen LogP contribution in [0.15, 0.2) is 91.6 Å². The van der Waals surface area contributed by atoms with E-state index >= 15 is 0 Å². The van der Waals surface area contributed by atoms with Crippen LogP contribution in [0.2, 0.25) is 0 Å². The summed E-state index contributed by atoms with van der Waals surface area (Å²) in [5.41, 5.74) is 3.02. The summed E-state index contributed by atoms with van der Waals surface area (Å²) in [5, 5.41) is 4.86. The van der Waals surface area contributed by atoms with Gasteiger partial charge in [0.25, 0.3) is 17.4 Å². The number of benzene rings is 2. The number of likely N-dealkylation sites (N-methyl/N-ethyl adjacent to an activating group) is 1. The maximum atomic E-state index is 14.0. The van der Waals surface area contributed by atoms with Crippen LogP contribution >= 0.6 is 38.6 Å². The fraction of sp³-hybridized carbons (Fsp3) is 0.111. The molecule has 0 aliphatic carbocycles. The van der Waals surface area contributed by atoms with Crippen molar-refractivity contribution in [1.82, 2.24) is 4.57 Å². The summed E-state index contributed by atoms with van der Waals surface area (Å²) in [4.78, 5) is 48.4. The maximum Gasteiger partial charge on any atom is 0.272 e. The molecule has 0 fully saturated rings. The molecule has 1 unspecified atom stereocenters. The zero-order valence-corrected chi connectivity index (χ0v) is 22.9. The average molecular weight is 592 g/mol. The normalized spacial score (nSPS) is 18.0. The number of para-hydroxylation sites is 1. The van der Waals surface area contributed by atoms with Crippen molar-refractivity contribution in [2.24, 2.45) is 4.99 Å². The minimum absolute atomic E-state index is 0.246. The standard InChI is InChI=1S/C27H19BrN4O3S2/c1-14-20(24(33)30-16-7-4-3-5-8-16)22(19-9-6-12-36-19)32-26(35)23(37-27(32)29-14)21-17-13-15(28)10-11-18(17)31(2)25(21)34/h3-13,22H,1-2H3,(H,30,33)/b23-21-. The highest BCUT2D eigenvalue weighted by atomic mass is 79.9. The van der Waals surface area contributed by atoms with E-state index in [1.807, 2.05) is 66.0 Å². The molecule has 2 aliphatic rings. The van der Waals surface area contributed by atoms with Crippen LogP contribution in [0.5, 0.6) is 0 Å². The number of hydrogen-bond donors (Lipinski definition) is 1. The number of thiophene rings is 1. The third-order valence-corrected chi connectivity index (χ3v) is 8.89. The van der Waals surface area contributed by atoms with Crippen LogP contribution in [-0.4, -0.2) is 23.4 Å². The van der Waals surface area contributed by atoms with Crippen molar-refractivity contribution in [3.05, 3.63) is 112 Å². The summed E-state index contributed by atoms with van der Waals surface area (Å²) in [5.74, 6) is -0.571. The third kappa shape index (κ3) is 3.83. The molecule has 2 aromatic heterocycles. The third-order valence-electron chi connectivity index (χ3n) is 6.42. The van der Waals surface area contributed by atoms with Gasteiger partial charge in [-0.15, -0.1) is 11.3 Å². The minimum Gasteiger partial charge on any atom is -0.322 e. The Morgan fingerprint density at radius 2 is 1.86 bits per heavy atom. The summed E-state index contributed by atoms with van der Waals surface area (Å²) in [6.07, 6.45) is 0. The van der Waals surface area contributed by atoms with Crippen molar-refractivity contribution in [2.45, 2.75) is 13.0 Å². The quantitative estimate of drug-likeness (QED) is 0.391. The number of anilines is 2. The smallest absolute Gasteiger partial charge is 0.272 e. The molecule has 1 atom stereocenters. The van der Waals surface area contributed by atoms with E-state index in [1.54, 1.807) is 23.4 Å². The molecule has 0 bridgehead atoms. The fourth-order valence-corrected chi connectivity index (χ4v) is 7.03. The van der Waals surface area contributed by atoms with Crippen LogP contribution < -0.4 is 25.1 Å². The number of nitrogens with zero attached hydrogens (tertiary/aromatic N) is 3. The highest BCUT2D eigenvalue weighted by molar-refractivity contribution is 9.10. The van der Waals surface area contributed by atoms with Crippen molar-refractivity contribution in [3.63, 3.8) is 0 Å². The molecule has 6 rings (SSSR count). The average Bonchev–Trinajstić information content (AvgIpc) is 3.57. The van der Waals surface area contributed by atoms with Crippen LogP contribution in [0.25, 0.3) is 5.57 Å². The molecule has 2 aromatic carbocycles. The molecule has 0 spiro atoms. The van der Waals surface area contributed by atoms with Gasteiger partial charge in [-0.3, -0.25) is 19.0 Å². The molecule has 37 heavy (non-hydrogen) atoms. The zero-order chi connectivity index (χ0) is 25.8. The maximum absolute atomic E-state index is 14.0. The van der Waals surface area contributed by atoms with Crippen molar-refractivity contribution < 1.29 is 9.59 Å². The lowest BCUT2D eigenvalue weighted by molar-refractivity contribution is -0.113. The van der Waals surface area contributed by atoms with E-state index in [4.69, 9.17) is 0 Å². The Hall–Kier alpha value is -3.60. The molecule has 0 radical (unpaired) electrons. The molecule has 4 heterocycles. The Morgan fingerprint density at radius 1 is 1.08 bits per heavy atom. The van der Waals surface area contributed by atoms with Crippen molar-refractivity contribution >= 4 is 67.4 Å². The largest absolute Gasteiger partial charge is 0.322 e. The van der Waals surface area contributed by atoms with Gasteiger partial charge in [-0.1, -0.05) is 51.5 Å². The van der Waals surface area contributed by atoms with Crippen LogP contribution in [0.1, 0.15) is 23.4 Å². The number of thiazole rings is 1. The van der Waals surface area contributed by atoms with Gasteiger partial charge in [-0.2, -0.15) is 0 Å². The van der Waals surface area contributed by atoms with Gasteiger partial charge in [0.1, 0.15) is 10.6 Å². The van der Waals surface area contributed by atoms with Gasteiger partial charge >= 0.3 is 0 Å². The molecule has 2 amide bonds. The molecule has 0 saturated heterocycles. The van der Waals surface area contributed by atoms with Crippen molar-refractivity contribution in [3.8, 4) is 0 Å². The number of allylic oxidation sites excluding steroid dienone is 1. The zero-order valence-electron chi connectivity index (χ0n) is 19.7. The predicted molar refractivity (Wildman–Crippen MR) is 150 cm³/mol. The first kappa shape index (κ1) is 23.8. The predicted octanol–water partition coefficient (Wildman–Crippen LogP) is 4.04. The lowest BCUT2D eigenvalue weighted by Crippen LogP contribution is -2.41. The molecule has 7 nitrogen and oxygen atoms in total. The molecule has 10 heteroatoms. The van der Waals surface area contributed by atoms with Crippen LogP contribution in [0.3, 0.4) is 0 Å². The SMILES string of the molecule is CC1=C(C(=O)Nc2ccccc2)C(c2cccs2)n2c(s/c(=C3\C(=O)N(C)c4ccc(Br)cc43)c2=O)=N1. The first-order valence-corrected chi connectivity index (χ1v) is 13.9. The van der Waals surface area contributed by atoms with Gasteiger partial charge in [-0.25, -0.2) is 4.99 Å². The van der Waals surface area contributed by atoms with E-state index in [0.29, 0.717) is 37.4 Å². The van der Waals surface area contributed by atoms with Gasteiger partial charge in [-0.05, 0) is 48.7 Å². The fourth-order valence-electron chi connectivity index (χ4n) is 4.71. The number of amides is 2. The topological polar surface area (TPSA) is 83.8 Å². The van der Waals surface area contributed by atoms with E-state index < -0.39 is 6.04 Å². The Bertz CT molecular complexity index is 1800. The number of halogens is 1. The molecule has 0 saturated carbocycles. The Balaban J connectivity index is 1.58. The number of nitrogens with one attached hydrogen (secondary N) is 1. The summed E-state index contributed by atoms with van der Waals surface area (Å²) in [6, 6.07) is 17.9. The van der Waals surface area contributed by atoms with Gasteiger partial charge < -0.3 is 10.2 Å². The number of aromatic nitrogens is 1. The van der Waals surface area contributed by atoms with E-state index in [2.05, 4.69) is 26.2 Å². The van der Waals surface area contributed by atoms with Crippen LogP contribution in [0.4, 0.5) is 11.4 Å². The molecular formula is C27H19BrN4O3S2. The first-order chi connectivity index (χ1) is 17.8. The Morgan fingerprint density at radius 3 is 2.59 bits per heavy atom. The molecule has 2 aliphatic heterocycles. The van der Waals surface area contributed by atoms with Crippen molar-refractivity contribution in [2.75, 3.05) is 17.3 Å². The van der Waals surface area contributed by atoms with Crippen LogP contribution in [0, 0.1) is 0 Å². The minimum atomic E-state index is -0.662. The monoisotopic (exact) mass is 590 g/mol. The molecule has 4 aromatic rings. The van der Waals surface area contributed by atoms with E-state index in [1.165, 1.54) is 22.7 Å². The van der Waals surface area contributed by atoms with Gasteiger partial charge in [0.2, 0.25) is 0 Å². The second-order valence-corrected chi connectivity index (χ2v) is 11.5. The number of carbonyl (C=O) groups is 2. The number of carbonyl (C=O) groups excluding carboxylic acids is 2. The summed E-state index contributed by atoms with van der Waals surface area (Å²) in [7, 11) is 1.70. The molecular weight excluding hydrogens is 572 g/mol. The van der Waals surface area contributed by atoms with Crippen molar-refractivity contribution in [1.29, 1.82) is 0 Å². The summed E-state index contributed by atoms with van der Waals surface area (Å²) >= 11 is 6.13. The van der Waals surface area contributed by atoms with E-state index in [-0.39, 0.29) is 17.4 Å². The highest BCUT2D eigenvalue weighted by Crippen LogP contribution is 2.37. The summed E-state index contributed by atoms with van der Waals surface area (Å²) in [6.45, 7) is 1.78. The molecule has 1 N–H and O–H groups in total. The lowest BCUT2D eigenvalue weighted by atomic mass is 10.0. The summed E-state index contributed by atoms with van der Waals surface area (Å²) < 4.78 is 2.67. The number of fused-ring (bicyclic) bond motifs is 2. The molecule has 184 valence electrons. The Labute approximate surface area is 227 Å². The lowest BCUT2D eigenvalue weighted by Gasteiger charge is -2.24. The Kier molecular flexibility index (Phi) is 5.82. The number of rotatable bonds is 3. The van der Waals surface area contributed by atoms with E-state index in [0.717, 1.165) is 15.0 Å². The van der Waals surface area contributed by atoms with Crippen LogP contribution in [-0.2, 0) is 9.59 Å². The second kappa shape index (κ2) is 9.05. The number of hydrogen-bond acceptors (Lipinski definition) is 6. The highest BCUT2D eigenvalue weighted by Gasteiger charge is 2.36.